The zero-order valence-electron chi connectivity index (χ0n) is 8.02. The SMILES string of the molecule is Cc1ccc(C(F)(F)F)cc1C#CCS. The molecule has 0 nitrogen and oxygen atoms in total. The topological polar surface area (TPSA) is 0 Å². The highest BCUT2D eigenvalue weighted by atomic mass is 32.1. The fourth-order valence-electron chi connectivity index (χ4n) is 1.07. The second-order valence-electron chi connectivity index (χ2n) is 2.99. The molecule has 0 aromatic heterocycles. The minimum Gasteiger partial charge on any atom is -0.166 e. The molecule has 1 rings (SSSR count). The summed E-state index contributed by atoms with van der Waals surface area (Å²) < 4.78 is 37.1. The van der Waals surface area contributed by atoms with E-state index in [1.54, 1.807) is 6.92 Å². The molecular formula is C11H9F3S. The van der Waals surface area contributed by atoms with Crippen molar-refractivity contribution in [3.63, 3.8) is 0 Å². The normalized spacial score (nSPS) is 10.7. The molecule has 0 saturated carbocycles. The van der Waals surface area contributed by atoms with Crippen molar-refractivity contribution in [3.05, 3.63) is 34.9 Å². The number of alkyl halides is 3. The fourth-order valence-corrected chi connectivity index (χ4v) is 1.15. The van der Waals surface area contributed by atoms with E-state index in [0.717, 1.165) is 17.7 Å². The molecule has 0 radical (unpaired) electrons. The standard InChI is InChI=1S/C11H9F3S/c1-8-4-5-10(11(12,13)14)7-9(8)3-2-6-15/h4-5,7,15H,6H2,1H3. The number of rotatable bonds is 0. The molecule has 0 unspecified atom stereocenters. The summed E-state index contributed by atoms with van der Waals surface area (Å²) in [6.07, 6.45) is -4.31. The van der Waals surface area contributed by atoms with Crippen molar-refractivity contribution in [2.75, 3.05) is 5.75 Å². The van der Waals surface area contributed by atoms with Gasteiger partial charge in [0, 0.05) is 5.56 Å². The molecule has 0 spiro atoms. The number of halogens is 3. The first-order chi connectivity index (χ1) is 6.95. The van der Waals surface area contributed by atoms with Gasteiger partial charge in [-0.3, -0.25) is 0 Å². The summed E-state index contributed by atoms with van der Waals surface area (Å²) in [7, 11) is 0. The molecular weight excluding hydrogens is 221 g/mol. The highest BCUT2D eigenvalue weighted by Crippen LogP contribution is 2.30. The average Bonchev–Trinajstić information content (AvgIpc) is 2.15. The molecule has 0 atom stereocenters. The van der Waals surface area contributed by atoms with Crippen molar-refractivity contribution in [1.82, 2.24) is 0 Å². The van der Waals surface area contributed by atoms with Crippen LogP contribution in [0.25, 0.3) is 0 Å². The van der Waals surface area contributed by atoms with Crippen molar-refractivity contribution in [2.45, 2.75) is 13.1 Å². The van der Waals surface area contributed by atoms with E-state index < -0.39 is 11.7 Å². The van der Waals surface area contributed by atoms with Crippen LogP contribution in [0.15, 0.2) is 18.2 Å². The summed E-state index contributed by atoms with van der Waals surface area (Å²) >= 11 is 3.87. The van der Waals surface area contributed by atoms with E-state index in [-0.39, 0.29) is 0 Å². The third-order valence-corrected chi connectivity index (χ3v) is 2.03. The molecule has 15 heavy (non-hydrogen) atoms. The van der Waals surface area contributed by atoms with Crippen LogP contribution in [0.4, 0.5) is 13.2 Å². The molecule has 0 amide bonds. The Morgan fingerprint density at radius 1 is 1.33 bits per heavy atom. The van der Waals surface area contributed by atoms with E-state index in [0.29, 0.717) is 11.3 Å². The van der Waals surface area contributed by atoms with Gasteiger partial charge in [0.2, 0.25) is 0 Å². The fraction of sp³-hybridized carbons (Fsp3) is 0.273. The summed E-state index contributed by atoms with van der Waals surface area (Å²) in [4.78, 5) is 0. The third kappa shape index (κ3) is 3.21. The van der Waals surface area contributed by atoms with Gasteiger partial charge in [-0.25, -0.2) is 0 Å². The van der Waals surface area contributed by atoms with Gasteiger partial charge in [0.25, 0.3) is 0 Å². The first-order valence-corrected chi connectivity index (χ1v) is 4.86. The third-order valence-electron chi connectivity index (χ3n) is 1.87. The Morgan fingerprint density at radius 2 is 2.00 bits per heavy atom. The molecule has 0 bridgehead atoms. The van der Waals surface area contributed by atoms with Crippen LogP contribution in [-0.4, -0.2) is 5.75 Å². The second kappa shape index (κ2) is 4.63. The zero-order chi connectivity index (χ0) is 11.5. The van der Waals surface area contributed by atoms with Crippen LogP contribution in [-0.2, 0) is 6.18 Å². The molecule has 0 heterocycles. The van der Waals surface area contributed by atoms with Crippen LogP contribution >= 0.6 is 12.6 Å². The molecule has 1 aromatic carbocycles. The molecule has 0 N–H and O–H groups in total. The molecule has 4 heteroatoms. The Hall–Kier alpha value is -1.08. The van der Waals surface area contributed by atoms with E-state index in [1.807, 2.05) is 0 Å². The van der Waals surface area contributed by atoms with Crippen molar-refractivity contribution in [1.29, 1.82) is 0 Å². The van der Waals surface area contributed by atoms with Crippen molar-refractivity contribution in [2.24, 2.45) is 0 Å². The first kappa shape index (κ1) is 12.0. The average molecular weight is 230 g/mol. The molecule has 80 valence electrons. The minimum atomic E-state index is -4.31. The smallest absolute Gasteiger partial charge is 0.166 e. The summed E-state index contributed by atoms with van der Waals surface area (Å²) in [5.74, 6) is 5.61. The zero-order valence-corrected chi connectivity index (χ0v) is 8.91. The first-order valence-electron chi connectivity index (χ1n) is 4.22. The lowest BCUT2D eigenvalue weighted by atomic mass is 10.1. The molecule has 0 aliphatic carbocycles. The number of hydrogen-bond donors (Lipinski definition) is 1. The lowest BCUT2D eigenvalue weighted by Gasteiger charge is -2.07. The van der Waals surface area contributed by atoms with E-state index >= 15 is 0 Å². The number of benzene rings is 1. The highest BCUT2D eigenvalue weighted by molar-refractivity contribution is 7.80. The summed E-state index contributed by atoms with van der Waals surface area (Å²) in [6, 6.07) is 3.54. The maximum absolute atomic E-state index is 12.4. The van der Waals surface area contributed by atoms with Gasteiger partial charge in [0.1, 0.15) is 0 Å². The van der Waals surface area contributed by atoms with E-state index in [2.05, 4.69) is 24.5 Å². The van der Waals surface area contributed by atoms with Gasteiger partial charge in [0.15, 0.2) is 0 Å². The molecule has 1 aromatic rings. The Kier molecular flexibility index (Phi) is 3.70. The predicted molar refractivity (Wildman–Crippen MR) is 56.9 cm³/mol. The van der Waals surface area contributed by atoms with Crippen LogP contribution < -0.4 is 0 Å². The maximum atomic E-state index is 12.4. The van der Waals surface area contributed by atoms with E-state index in [4.69, 9.17) is 0 Å². The van der Waals surface area contributed by atoms with Gasteiger partial charge in [-0.15, -0.1) is 0 Å². The maximum Gasteiger partial charge on any atom is 0.416 e. The van der Waals surface area contributed by atoms with Gasteiger partial charge < -0.3 is 0 Å². The van der Waals surface area contributed by atoms with Gasteiger partial charge in [-0.1, -0.05) is 17.9 Å². The van der Waals surface area contributed by atoms with Gasteiger partial charge in [0.05, 0.1) is 11.3 Å². The molecule has 0 fully saturated rings. The van der Waals surface area contributed by atoms with Crippen LogP contribution in [0.3, 0.4) is 0 Å². The number of hydrogen-bond acceptors (Lipinski definition) is 1. The quantitative estimate of drug-likeness (QED) is 0.513. The van der Waals surface area contributed by atoms with Gasteiger partial charge in [-0.2, -0.15) is 25.8 Å². The van der Waals surface area contributed by atoms with Crippen molar-refractivity contribution in [3.8, 4) is 11.8 Å². The Labute approximate surface area is 91.9 Å². The monoisotopic (exact) mass is 230 g/mol. The predicted octanol–water partition coefficient (Wildman–Crippen LogP) is 3.30. The Balaban J connectivity index is 3.17. The minimum absolute atomic E-state index is 0.329. The van der Waals surface area contributed by atoms with E-state index in [1.165, 1.54) is 6.07 Å². The van der Waals surface area contributed by atoms with Crippen LogP contribution in [0, 0.1) is 18.8 Å². The summed E-state index contributed by atoms with van der Waals surface area (Å²) in [5, 5.41) is 0. The molecule has 0 aliphatic heterocycles. The lowest BCUT2D eigenvalue weighted by molar-refractivity contribution is -0.137. The summed E-state index contributed by atoms with van der Waals surface area (Å²) in [6.45, 7) is 1.72. The van der Waals surface area contributed by atoms with Crippen molar-refractivity contribution >= 4 is 12.6 Å². The van der Waals surface area contributed by atoms with Gasteiger partial charge >= 0.3 is 6.18 Å². The molecule has 0 aliphatic rings. The highest BCUT2D eigenvalue weighted by Gasteiger charge is 2.30. The Morgan fingerprint density at radius 3 is 2.53 bits per heavy atom. The second-order valence-corrected chi connectivity index (χ2v) is 3.30. The van der Waals surface area contributed by atoms with E-state index in [9.17, 15) is 13.2 Å². The lowest BCUT2D eigenvalue weighted by Crippen LogP contribution is -2.05. The molecule has 0 saturated heterocycles. The van der Waals surface area contributed by atoms with Crippen molar-refractivity contribution < 1.29 is 13.2 Å². The Bertz CT molecular complexity index is 410. The number of aryl methyl sites for hydroxylation is 1. The summed E-state index contributed by atoms with van der Waals surface area (Å²) in [5.41, 5.74) is 0.465. The van der Waals surface area contributed by atoms with Crippen LogP contribution in [0.1, 0.15) is 16.7 Å². The van der Waals surface area contributed by atoms with Gasteiger partial charge in [-0.05, 0) is 24.6 Å². The van der Waals surface area contributed by atoms with Crippen LogP contribution in [0.5, 0.6) is 0 Å². The largest absolute Gasteiger partial charge is 0.416 e. The number of thiol groups is 1. The van der Waals surface area contributed by atoms with Crippen LogP contribution in [0.2, 0.25) is 0 Å².